The number of nitrogens with one attached hydrogen (secondary N) is 1. The van der Waals surface area contributed by atoms with Crippen LogP contribution in [-0.2, 0) is 4.79 Å². The minimum Gasteiger partial charge on any atom is -0.372 e. The number of hydrogen-bond donors (Lipinski definition) is 1. The number of fused-ring (bicyclic) bond motifs is 1. The van der Waals surface area contributed by atoms with E-state index < -0.39 is 0 Å². The van der Waals surface area contributed by atoms with E-state index in [1.807, 2.05) is 19.1 Å². The molecule has 1 saturated heterocycles. The largest absolute Gasteiger partial charge is 0.372 e. The van der Waals surface area contributed by atoms with Gasteiger partial charge in [-0.25, -0.2) is 9.50 Å². The molecule has 27 heavy (non-hydrogen) atoms. The lowest BCUT2D eigenvalue weighted by atomic mass is 10.1. The minimum atomic E-state index is -0.316. The third-order valence-electron chi connectivity index (χ3n) is 4.60. The molecule has 0 spiro atoms. The SMILES string of the molecule is CC(Sc1nc2ncccn2n1)C(=O)Nc1ccc(N2CCCCC2)cc1. The van der Waals surface area contributed by atoms with Crippen LogP contribution in [0, 0.1) is 0 Å². The number of rotatable bonds is 5. The van der Waals surface area contributed by atoms with E-state index in [0.717, 1.165) is 18.8 Å². The molecule has 1 aliphatic rings. The molecule has 1 atom stereocenters. The van der Waals surface area contributed by atoms with E-state index in [1.54, 1.807) is 23.0 Å². The van der Waals surface area contributed by atoms with Crippen LogP contribution < -0.4 is 10.2 Å². The first-order chi connectivity index (χ1) is 13.2. The molecule has 0 saturated carbocycles. The fraction of sp³-hybridized carbons (Fsp3) is 0.368. The quantitative estimate of drug-likeness (QED) is 0.683. The van der Waals surface area contributed by atoms with Crippen LogP contribution in [0.1, 0.15) is 26.2 Å². The Labute approximate surface area is 162 Å². The van der Waals surface area contributed by atoms with Crippen LogP contribution in [0.4, 0.5) is 11.4 Å². The predicted molar refractivity (Wildman–Crippen MR) is 107 cm³/mol. The van der Waals surface area contributed by atoms with Crippen LogP contribution in [0.5, 0.6) is 0 Å². The van der Waals surface area contributed by atoms with Crippen molar-refractivity contribution in [2.24, 2.45) is 0 Å². The minimum absolute atomic E-state index is 0.0717. The number of piperidine rings is 1. The van der Waals surface area contributed by atoms with Gasteiger partial charge in [-0.1, -0.05) is 11.8 Å². The van der Waals surface area contributed by atoms with Crippen molar-refractivity contribution < 1.29 is 4.79 Å². The van der Waals surface area contributed by atoms with Gasteiger partial charge in [-0.05, 0) is 56.5 Å². The summed E-state index contributed by atoms with van der Waals surface area (Å²) < 4.78 is 1.60. The summed E-state index contributed by atoms with van der Waals surface area (Å²) in [4.78, 5) is 23.4. The topological polar surface area (TPSA) is 75.4 Å². The Morgan fingerprint density at radius 3 is 2.70 bits per heavy atom. The zero-order chi connectivity index (χ0) is 18.6. The number of anilines is 2. The molecule has 1 fully saturated rings. The number of benzene rings is 1. The molecule has 0 bridgehead atoms. The van der Waals surface area contributed by atoms with Gasteiger partial charge < -0.3 is 10.2 Å². The Morgan fingerprint density at radius 1 is 1.19 bits per heavy atom. The second-order valence-electron chi connectivity index (χ2n) is 6.60. The van der Waals surface area contributed by atoms with Crippen molar-refractivity contribution in [3.05, 3.63) is 42.7 Å². The maximum Gasteiger partial charge on any atom is 0.253 e. The number of carbonyl (C=O) groups is 1. The van der Waals surface area contributed by atoms with Gasteiger partial charge in [-0.2, -0.15) is 4.98 Å². The van der Waals surface area contributed by atoms with Crippen molar-refractivity contribution in [2.75, 3.05) is 23.3 Å². The highest BCUT2D eigenvalue weighted by Crippen LogP contribution is 2.24. The highest BCUT2D eigenvalue weighted by atomic mass is 32.2. The average molecular weight is 382 g/mol. The maximum absolute atomic E-state index is 12.5. The lowest BCUT2D eigenvalue weighted by Gasteiger charge is -2.28. The van der Waals surface area contributed by atoms with Gasteiger partial charge in [0.05, 0.1) is 5.25 Å². The molecule has 0 aliphatic carbocycles. The van der Waals surface area contributed by atoms with Gasteiger partial charge in [0.25, 0.3) is 5.78 Å². The molecule has 140 valence electrons. The number of nitrogens with zero attached hydrogens (tertiary/aromatic N) is 5. The van der Waals surface area contributed by atoms with Crippen molar-refractivity contribution in [3.8, 4) is 0 Å². The van der Waals surface area contributed by atoms with Gasteiger partial charge in [0.1, 0.15) is 0 Å². The van der Waals surface area contributed by atoms with E-state index in [4.69, 9.17) is 0 Å². The number of amides is 1. The van der Waals surface area contributed by atoms with Crippen molar-refractivity contribution in [2.45, 2.75) is 36.6 Å². The molecule has 7 nitrogen and oxygen atoms in total. The third kappa shape index (κ3) is 4.21. The summed E-state index contributed by atoms with van der Waals surface area (Å²) in [5.41, 5.74) is 2.02. The molecule has 1 aliphatic heterocycles. The Kier molecular flexibility index (Phi) is 5.24. The summed E-state index contributed by atoms with van der Waals surface area (Å²) in [6, 6.07) is 9.88. The van der Waals surface area contributed by atoms with E-state index in [1.165, 1.54) is 36.7 Å². The molecule has 8 heteroatoms. The summed E-state index contributed by atoms with van der Waals surface area (Å²) in [7, 11) is 0. The van der Waals surface area contributed by atoms with Gasteiger partial charge in [0.2, 0.25) is 11.1 Å². The summed E-state index contributed by atoms with van der Waals surface area (Å²) >= 11 is 1.32. The monoisotopic (exact) mass is 382 g/mol. The van der Waals surface area contributed by atoms with Crippen molar-refractivity contribution in [3.63, 3.8) is 0 Å². The van der Waals surface area contributed by atoms with Gasteiger partial charge in [0, 0.05) is 36.9 Å². The number of carbonyl (C=O) groups excluding carboxylic acids is 1. The first-order valence-corrected chi connectivity index (χ1v) is 10.1. The number of thioether (sulfide) groups is 1. The second-order valence-corrected chi connectivity index (χ2v) is 7.91. The van der Waals surface area contributed by atoms with Gasteiger partial charge >= 0.3 is 0 Å². The lowest BCUT2D eigenvalue weighted by molar-refractivity contribution is -0.115. The lowest BCUT2D eigenvalue weighted by Crippen LogP contribution is -2.29. The van der Waals surface area contributed by atoms with Crippen molar-refractivity contribution in [1.82, 2.24) is 19.6 Å². The highest BCUT2D eigenvalue weighted by molar-refractivity contribution is 8.00. The first-order valence-electron chi connectivity index (χ1n) is 9.19. The van der Waals surface area contributed by atoms with Crippen LogP contribution in [0.25, 0.3) is 5.78 Å². The highest BCUT2D eigenvalue weighted by Gasteiger charge is 2.18. The summed E-state index contributed by atoms with van der Waals surface area (Å²) in [5, 5.41) is 7.52. The standard InChI is InChI=1S/C19H22N6OS/c1-14(27-19-22-18-20-10-5-13-25(18)23-19)17(26)21-15-6-8-16(9-7-15)24-11-3-2-4-12-24/h5-10,13-14H,2-4,11-12H2,1H3,(H,21,26). The smallest absolute Gasteiger partial charge is 0.253 e. The molecule has 4 rings (SSSR count). The van der Waals surface area contributed by atoms with Gasteiger partial charge in [-0.15, -0.1) is 5.10 Å². The molecule has 1 N–H and O–H groups in total. The number of aromatic nitrogens is 4. The van der Waals surface area contributed by atoms with Crippen LogP contribution in [0.15, 0.2) is 47.9 Å². The summed E-state index contributed by atoms with van der Waals surface area (Å²) in [6.07, 6.45) is 7.27. The van der Waals surface area contributed by atoms with E-state index >= 15 is 0 Å². The average Bonchev–Trinajstić information content (AvgIpc) is 3.11. The zero-order valence-corrected chi connectivity index (χ0v) is 16.0. The Morgan fingerprint density at radius 2 is 1.96 bits per heavy atom. The van der Waals surface area contributed by atoms with E-state index in [0.29, 0.717) is 10.9 Å². The van der Waals surface area contributed by atoms with Crippen LogP contribution in [0.2, 0.25) is 0 Å². The fourth-order valence-corrected chi connectivity index (χ4v) is 3.88. The Bertz CT molecular complexity index is 886. The normalized spacial score (nSPS) is 15.7. The van der Waals surface area contributed by atoms with E-state index in [9.17, 15) is 4.79 Å². The first kappa shape index (κ1) is 17.8. The molecule has 0 radical (unpaired) electrons. The van der Waals surface area contributed by atoms with Gasteiger partial charge in [-0.3, -0.25) is 4.79 Å². The zero-order valence-electron chi connectivity index (χ0n) is 15.2. The third-order valence-corrected chi connectivity index (χ3v) is 5.56. The summed E-state index contributed by atoms with van der Waals surface area (Å²) in [5.74, 6) is 0.457. The van der Waals surface area contributed by atoms with E-state index in [-0.39, 0.29) is 11.2 Å². The molecular weight excluding hydrogens is 360 g/mol. The number of hydrogen-bond acceptors (Lipinski definition) is 6. The Balaban J connectivity index is 1.36. The van der Waals surface area contributed by atoms with Crippen LogP contribution in [-0.4, -0.2) is 43.8 Å². The predicted octanol–water partition coefficient (Wildman–Crippen LogP) is 3.23. The summed E-state index contributed by atoms with van der Waals surface area (Å²) in [6.45, 7) is 4.07. The molecule has 1 amide bonds. The molecule has 1 aromatic carbocycles. The molecule has 3 heterocycles. The molecule has 3 aromatic rings. The van der Waals surface area contributed by atoms with Crippen LogP contribution in [0.3, 0.4) is 0 Å². The van der Waals surface area contributed by atoms with E-state index in [2.05, 4.69) is 37.4 Å². The van der Waals surface area contributed by atoms with Crippen LogP contribution >= 0.6 is 11.8 Å². The molecule has 2 aromatic heterocycles. The van der Waals surface area contributed by atoms with Gasteiger partial charge in [0.15, 0.2) is 0 Å². The fourth-order valence-electron chi connectivity index (χ4n) is 3.13. The van der Waals surface area contributed by atoms with Crippen molar-refractivity contribution >= 4 is 34.8 Å². The van der Waals surface area contributed by atoms with Crippen molar-refractivity contribution in [1.29, 1.82) is 0 Å². The maximum atomic E-state index is 12.5. The molecule has 1 unspecified atom stereocenters. The Hall–Kier alpha value is -2.61. The second kappa shape index (κ2) is 7.96. The molecular formula is C19H22N6OS.